The van der Waals surface area contributed by atoms with Crippen LogP contribution in [0, 0.1) is 5.92 Å². The summed E-state index contributed by atoms with van der Waals surface area (Å²) >= 11 is 0. The lowest BCUT2D eigenvalue weighted by molar-refractivity contribution is -0.126. The number of nitrogens with zero attached hydrogens (tertiary/aromatic N) is 1. The van der Waals surface area contributed by atoms with Gasteiger partial charge >= 0.3 is 5.97 Å². The Morgan fingerprint density at radius 1 is 1.16 bits per heavy atom. The zero-order chi connectivity index (χ0) is 23.1. The summed E-state index contributed by atoms with van der Waals surface area (Å²) in [6.45, 7) is 4.24. The largest absolute Gasteiger partial charge is 0.460 e. The predicted octanol–water partition coefficient (Wildman–Crippen LogP) is 2.99. The van der Waals surface area contributed by atoms with Gasteiger partial charge in [0, 0.05) is 25.0 Å². The Balaban J connectivity index is 1.49. The van der Waals surface area contributed by atoms with Gasteiger partial charge in [-0.2, -0.15) is 4.31 Å². The molecule has 1 unspecified atom stereocenters. The first-order valence-electron chi connectivity index (χ1n) is 10.9. The first-order chi connectivity index (χ1) is 15.3. The Kier molecular flexibility index (Phi) is 8.09. The fourth-order valence-electron chi connectivity index (χ4n) is 3.72. The Bertz CT molecular complexity index is 1010. The fourth-order valence-corrected chi connectivity index (χ4v) is 5.10. The number of sulfonamides is 1. The van der Waals surface area contributed by atoms with Crippen LogP contribution >= 0.6 is 0 Å². The fraction of sp³-hybridized carbons (Fsp3) is 0.478. The Morgan fingerprint density at radius 3 is 2.50 bits per heavy atom. The monoisotopic (exact) mass is 462 g/mol. The molecule has 1 saturated heterocycles. The number of benzene rings is 1. The van der Waals surface area contributed by atoms with Crippen LogP contribution in [0.3, 0.4) is 0 Å². The number of esters is 1. The summed E-state index contributed by atoms with van der Waals surface area (Å²) in [4.78, 5) is 24.4. The third-order valence-electron chi connectivity index (χ3n) is 5.57. The zero-order valence-electron chi connectivity index (χ0n) is 18.5. The summed E-state index contributed by atoms with van der Waals surface area (Å²) in [7, 11) is -3.87. The number of ether oxygens (including phenoxy) is 1. The summed E-state index contributed by atoms with van der Waals surface area (Å²) in [6, 6.07) is 12.7. The minimum absolute atomic E-state index is 0.0360. The number of amides is 1. The van der Waals surface area contributed by atoms with Crippen LogP contribution in [-0.4, -0.2) is 50.3 Å². The molecule has 1 amide bonds. The van der Waals surface area contributed by atoms with Gasteiger partial charge in [0.05, 0.1) is 6.61 Å². The van der Waals surface area contributed by atoms with Crippen molar-refractivity contribution in [1.82, 2.24) is 9.62 Å². The van der Waals surface area contributed by atoms with Gasteiger partial charge < -0.3 is 14.5 Å². The maximum atomic E-state index is 12.8. The van der Waals surface area contributed by atoms with E-state index in [0.29, 0.717) is 12.8 Å². The van der Waals surface area contributed by atoms with Crippen molar-refractivity contribution in [3.05, 3.63) is 53.8 Å². The molecule has 1 aliphatic heterocycles. The highest BCUT2D eigenvalue weighted by Crippen LogP contribution is 2.25. The second-order valence-corrected chi connectivity index (χ2v) is 9.82. The molecular formula is C23H30N2O6S. The highest BCUT2D eigenvalue weighted by Gasteiger charge is 2.34. The van der Waals surface area contributed by atoms with Crippen LogP contribution < -0.4 is 5.32 Å². The number of rotatable bonds is 9. The molecule has 2 heterocycles. The van der Waals surface area contributed by atoms with E-state index >= 15 is 0 Å². The number of hydrogen-bond donors (Lipinski definition) is 1. The number of carbonyl (C=O) groups is 2. The molecule has 0 aliphatic carbocycles. The third-order valence-corrected chi connectivity index (χ3v) is 7.35. The van der Waals surface area contributed by atoms with Crippen molar-refractivity contribution in [2.75, 3.05) is 19.7 Å². The molecule has 0 bridgehead atoms. The second kappa shape index (κ2) is 10.8. The average molecular weight is 463 g/mol. The predicted molar refractivity (Wildman–Crippen MR) is 119 cm³/mol. The standard InChI is InChI=1S/C23H30N2O6S/c1-3-30-23(27)20-11-12-21(31-20)32(28,29)25-15-13-19(14-16-25)22(26)24-17(2)9-10-18-7-5-4-6-8-18/h4-8,11-12,17,19H,3,9-10,13-16H2,1-2H3,(H,24,26). The number of hydrogen-bond acceptors (Lipinski definition) is 6. The zero-order valence-corrected chi connectivity index (χ0v) is 19.3. The van der Waals surface area contributed by atoms with Crippen molar-refractivity contribution in [3.8, 4) is 0 Å². The molecule has 2 aromatic rings. The van der Waals surface area contributed by atoms with E-state index in [-0.39, 0.29) is 48.4 Å². The maximum absolute atomic E-state index is 12.8. The van der Waals surface area contributed by atoms with E-state index in [2.05, 4.69) is 17.4 Å². The van der Waals surface area contributed by atoms with E-state index in [1.807, 2.05) is 25.1 Å². The molecule has 3 rings (SSSR count). The smallest absolute Gasteiger partial charge is 0.374 e. The molecule has 0 spiro atoms. The second-order valence-electron chi connectivity index (χ2n) is 7.95. The summed E-state index contributed by atoms with van der Waals surface area (Å²) in [5.41, 5.74) is 1.23. The van der Waals surface area contributed by atoms with Crippen molar-refractivity contribution >= 4 is 21.9 Å². The van der Waals surface area contributed by atoms with E-state index < -0.39 is 16.0 Å². The molecule has 32 heavy (non-hydrogen) atoms. The van der Waals surface area contributed by atoms with Crippen molar-refractivity contribution in [3.63, 3.8) is 0 Å². The lowest BCUT2D eigenvalue weighted by atomic mass is 9.96. The van der Waals surface area contributed by atoms with Gasteiger partial charge in [0.25, 0.3) is 10.0 Å². The molecule has 1 aromatic carbocycles. The molecule has 1 atom stereocenters. The van der Waals surface area contributed by atoms with E-state index in [1.165, 1.54) is 22.0 Å². The van der Waals surface area contributed by atoms with E-state index in [0.717, 1.165) is 12.8 Å². The van der Waals surface area contributed by atoms with Crippen LogP contribution in [0.5, 0.6) is 0 Å². The summed E-state index contributed by atoms with van der Waals surface area (Å²) < 4.78 is 37.0. The highest BCUT2D eigenvalue weighted by atomic mass is 32.2. The van der Waals surface area contributed by atoms with E-state index in [1.54, 1.807) is 6.92 Å². The molecule has 174 valence electrons. The summed E-state index contributed by atoms with van der Waals surface area (Å²) in [6.07, 6.45) is 2.59. The van der Waals surface area contributed by atoms with Gasteiger partial charge in [-0.05, 0) is 57.2 Å². The van der Waals surface area contributed by atoms with Gasteiger partial charge in [-0.1, -0.05) is 30.3 Å². The highest BCUT2D eigenvalue weighted by molar-refractivity contribution is 7.89. The SMILES string of the molecule is CCOC(=O)c1ccc(S(=O)(=O)N2CCC(C(=O)NC(C)CCc3ccccc3)CC2)o1. The molecule has 0 saturated carbocycles. The van der Waals surface area contributed by atoms with Gasteiger partial charge in [-0.3, -0.25) is 4.79 Å². The minimum Gasteiger partial charge on any atom is -0.460 e. The minimum atomic E-state index is -3.87. The van der Waals surface area contributed by atoms with Crippen LogP contribution in [0.15, 0.2) is 52.0 Å². The summed E-state index contributed by atoms with van der Waals surface area (Å²) in [5.74, 6) is -1.12. The van der Waals surface area contributed by atoms with Crippen LogP contribution in [0.25, 0.3) is 0 Å². The first-order valence-corrected chi connectivity index (χ1v) is 12.4. The number of nitrogens with one attached hydrogen (secondary N) is 1. The lowest BCUT2D eigenvalue weighted by Gasteiger charge is -2.30. The van der Waals surface area contributed by atoms with Crippen LogP contribution in [-0.2, 0) is 26.0 Å². The Morgan fingerprint density at radius 2 is 1.84 bits per heavy atom. The topological polar surface area (TPSA) is 106 Å². The Labute approximate surface area is 189 Å². The number of piperidine rings is 1. The van der Waals surface area contributed by atoms with Crippen LogP contribution in [0.1, 0.15) is 49.2 Å². The van der Waals surface area contributed by atoms with E-state index in [9.17, 15) is 18.0 Å². The van der Waals surface area contributed by atoms with Gasteiger partial charge in [0.1, 0.15) is 0 Å². The molecule has 1 N–H and O–H groups in total. The van der Waals surface area contributed by atoms with Crippen molar-refractivity contribution < 1.29 is 27.2 Å². The first kappa shape index (κ1) is 24.0. The van der Waals surface area contributed by atoms with Crippen LogP contribution in [0.2, 0.25) is 0 Å². The van der Waals surface area contributed by atoms with E-state index in [4.69, 9.17) is 9.15 Å². The van der Waals surface area contributed by atoms with Crippen LogP contribution in [0.4, 0.5) is 0 Å². The molecule has 0 radical (unpaired) electrons. The quantitative estimate of drug-likeness (QED) is 0.574. The normalized spacial score (nSPS) is 16.4. The van der Waals surface area contributed by atoms with Gasteiger partial charge in [-0.15, -0.1) is 0 Å². The number of furan rings is 1. The Hall–Kier alpha value is -2.65. The number of aryl methyl sites for hydroxylation is 1. The van der Waals surface area contributed by atoms with Gasteiger partial charge in [0.15, 0.2) is 0 Å². The molecule has 1 aliphatic rings. The molecule has 9 heteroatoms. The van der Waals surface area contributed by atoms with Crippen molar-refractivity contribution in [2.24, 2.45) is 5.92 Å². The van der Waals surface area contributed by atoms with Crippen molar-refractivity contribution in [2.45, 2.75) is 50.7 Å². The molecular weight excluding hydrogens is 432 g/mol. The average Bonchev–Trinajstić information content (AvgIpc) is 3.30. The molecule has 8 nitrogen and oxygen atoms in total. The maximum Gasteiger partial charge on any atom is 0.374 e. The number of carbonyl (C=O) groups excluding carboxylic acids is 2. The van der Waals surface area contributed by atoms with Gasteiger partial charge in [0.2, 0.25) is 16.8 Å². The van der Waals surface area contributed by atoms with Gasteiger partial charge in [-0.25, -0.2) is 13.2 Å². The van der Waals surface area contributed by atoms with Crippen molar-refractivity contribution in [1.29, 1.82) is 0 Å². The third kappa shape index (κ3) is 5.98. The molecule has 1 aromatic heterocycles. The molecule has 1 fully saturated rings. The summed E-state index contributed by atoms with van der Waals surface area (Å²) in [5, 5.41) is 2.76. The lowest BCUT2D eigenvalue weighted by Crippen LogP contribution is -2.44.